The standard InChI is InChI=1S/C75H126N6O55/c1-19(92)76-24(7-82)58(43(102)27(99)17-119-66-38(77-20(2)93)49(108)44(103)28(9-84)121-66)129-72-56(115)64(133-69-41(80-23(5)96)52(111)60(33(14-89)126-69)130-71-55(114)63(47(106)31(12-87)124-71)134-70-54(113)53(112)46(105)30(11-86)123-70)48(107)35(128-72)18-120-67-40(79-22(4)95)51(110)59(32(13-88)125-67)131-73-57(116)65(61(34(15-90)127-73)132-68-39(78-21(3)94)50(109)45(104)29(10-85)122-68)136-75(74(117)118)6-25(97)37(81-36(100)16-91)62(135-75)42(101)26(98)8-83/h24-35,37-73,82-91,97-99,101-116H,6-18H2,1-5H3,(H,76,92)(H,77,93)(H,78,94)(H,79,95)(H,80,96)(H,81,100)(H,117,118)/t24-,25-,26+,27+,28+,29+,30+,31+,32+,33+,34+,35+,37+,38+,39+,40+,41+,42+,43-,44+,45-,46-,47-,48-,49+,50+,51+,52+,53-,54+,55+,56+,57+,58+,59+,60+,61-,62+,63-,64-,65+,66+,67+,68-,69-,70+,71-,72-,73-,75-/m0/s1. The SMILES string of the molecule is CC(=O)N[C@H]1[C@H](O[C@H]2[C@@H](O)[C@@H](CO[C@@H]3O[C@H](CO)[C@@H](O[C@@H]4O[C@H](CO)[C@H](O[C@@H]5O[C@H](CO)[C@H](O)[C@H](O)[C@H]5NC(C)=O)[C@H](O[C@]5(C(=O)O)C[C@H](O)[C@@H](NC(=O)CO)[C@H]([C@H](O)[C@H](O)CO)O5)[C@H]4O)[C@H](O)[C@H]3NC(C)=O)O[C@@H](O[C@@H]([C@@H](O)[C@H](O)CO[C@@H]3O[C@H](CO)[C@@H](O)[C@H](O)[C@H]3NC(C)=O)[C@H](CO)NC(C)=O)[C@@H]2O)O[C@H](CO)[C@@H](O[C@@H]2O[C@H](CO)[C@H](O)[C@H](O[C@H]3O[C@H](CO)[C@H](O)[C@H](O)[C@H]3O)[C@H]2O)[C@@H]1O. The van der Waals surface area contributed by atoms with E-state index in [1.165, 1.54) is 0 Å². The summed E-state index contributed by atoms with van der Waals surface area (Å²) in [7, 11) is 0. The molecule has 0 aromatic carbocycles. The molecule has 0 radical (unpaired) electrons. The fraction of sp³-hybridized carbons (Fsp3) is 0.907. The lowest BCUT2D eigenvalue weighted by Gasteiger charge is -2.52. The van der Waals surface area contributed by atoms with E-state index in [0.717, 1.165) is 34.6 Å². The van der Waals surface area contributed by atoms with Crippen LogP contribution in [-0.4, -0.2) is 580 Å². The molecule has 9 aliphatic rings. The van der Waals surface area contributed by atoms with Gasteiger partial charge in [0.25, 0.3) is 5.79 Å². The lowest BCUT2D eigenvalue weighted by Crippen LogP contribution is -2.72. The van der Waals surface area contributed by atoms with Crippen molar-refractivity contribution in [3.05, 3.63) is 0 Å². The zero-order valence-corrected chi connectivity index (χ0v) is 73.1. The third-order valence-electron chi connectivity index (χ3n) is 24.0. The Labute approximate surface area is 769 Å². The quantitative estimate of drug-likeness (QED) is 0.0270. The highest BCUT2D eigenvalue weighted by atomic mass is 16.8. The molecule has 6 amide bonds. The Bertz CT molecular complexity index is 3780. The number of aliphatic hydroxyl groups is 29. The van der Waals surface area contributed by atoms with Gasteiger partial charge in [0.05, 0.1) is 90.9 Å². The molecular weight excluding hydrogens is 1860 g/mol. The molecule has 0 aliphatic carbocycles. The average Bonchev–Trinajstić information content (AvgIpc) is 0.744. The van der Waals surface area contributed by atoms with Gasteiger partial charge in [-0.3, -0.25) is 28.8 Å². The molecule has 9 saturated heterocycles. The van der Waals surface area contributed by atoms with E-state index < -0.39 is 433 Å². The van der Waals surface area contributed by atoms with Crippen molar-refractivity contribution < 1.29 is 272 Å². The van der Waals surface area contributed by atoms with Crippen molar-refractivity contribution in [2.24, 2.45) is 0 Å². The lowest BCUT2D eigenvalue weighted by atomic mass is 9.88. The van der Waals surface area contributed by atoms with Crippen molar-refractivity contribution in [2.45, 2.75) is 347 Å². The Morgan fingerprint density at radius 1 is 0.353 bits per heavy atom. The molecular formula is C75H126N6O55. The van der Waals surface area contributed by atoms with Gasteiger partial charge in [-0.25, -0.2) is 4.79 Å². The molecule has 786 valence electrons. The van der Waals surface area contributed by atoms with Crippen molar-refractivity contribution in [3.63, 3.8) is 0 Å². The summed E-state index contributed by atoms with van der Waals surface area (Å²) >= 11 is 0. The summed E-state index contributed by atoms with van der Waals surface area (Å²) in [6.45, 7) is -10.2. The monoisotopic (exact) mass is 1990 g/mol. The van der Waals surface area contributed by atoms with E-state index >= 15 is 0 Å². The van der Waals surface area contributed by atoms with Gasteiger partial charge in [-0.15, -0.1) is 0 Å². The van der Waals surface area contributed by atoms with Crippen LogP contribution in [-0.2, 0) is 119 Å². The normalized spacial score (nSPS) is 43.7. The van der Waals surface area contributed by atoms with Crippen LogP contribution in [0.15, 0.2) is 0 Å². The number of aliphatic hydroxyl groups excluding tert-OH is 29. The fourth-order valence-electron chi connectivity index (χ4n) is 17.0. The molecule has 0 spiro atoms. The minimum Gasteiger partial charge on any atom is -0.477 e. The maximum absolute atomic E-state index is 13.9. The van der Waals surface area contributed by atoms with Crippen LogP contribution in [0.5, 0.6) is 0 Å². The van der Waals surface area contributed by atoms with Gasteiger partial charge in [-0.05, 0) is 0 Å². The van der Waals surface area contributed by atoms with E-state index in [1.54, 1.807) is 0 Å². The topological polar surface area (TPSA) is 965 Å². The third kappa shape index (κ3) is 26.3. The summed E-state index contributed by atoms with van der Waals surface area (Å²) in [6, 6.07) is -11.9. The van der Waals surface area contributed by atoms with Gasteiger partial charge in [0.15, 0.2) is 50.3 Å². The molecule has 9 rings (SSSR count). The van der Waals surface area contributed by atoms with Crippen molar-refractivity contribution in [1.29, 1.82) is 0 Å². The number of hydrogen-bond acceptors (Lipinski definition) is 54. The number of carboxylic acid groups (broad SMARTS) is 1. The Morgan fingerprint density at radius 2 is 0.721 bits per heavy atom. The lowest BCUT2D eigenvalue weighted by molar-refractivity contribution is -0.399. The van der Waals surface area contributed by atoms with Crippen LogP contribution < -0.4 is 31.9 Å². The molecule has 61 heteroatoms. The molecule has 61 nitrogen and oxygen atoms in total. The zero-order valence-electron chi connectivity index (χ0n) is 73.1. The molecule has 0 aromatic rings. The van der Waals surface area contributed by atoms with E-state index in [1.807, 2.05) is 0 Å². The smallest absolute Gasteiger partial charge is 0.364 e. The molecule has 9 heterocycles. The minimum atomic E-state index is -3.57. The summed E-state index contributed by atoms with van der Waals surface area (Å²) < 4.78 is 107. The number of nitrogens with one attached hydrogen (secondary N) is 6. The summed E-state index contributed by atoms with van der Waals surface area (Å²) in [5, 5.41) is 349. The van der Waals surface area contributed by atoms with Crippen LogP contribution in [0, 0.1) is 0 Å². The predicted molar refractivity (Wildman–Crippen MR) is 420 cm³/mol. The first kappa shape index (κ1) is 114. The number of ether oxygens (including phenoxy) is 18. The first-order valence-corrected chi connectivity index (χ1v) is 42.8. The van der Waals surface area contributed by atoms with E-state index in [2.05, 4.69) is 31.9 Å². The van der Waals surface area contributed by atoms with Crippen molar-refractivity contribution >= 4 is 41.4 Å². The maximum Gasteiger partial charge on any atom is 0.364 e. The van der Waals surface area contributed by atoms with Crippen LogP contribution >= 0.6 is 0 Å². The second kappa shape index (κ2) is 50.6. The number of aliphatic carboxylic acids is 1. The van der Waals surface area contributed by atoms with Gasteiger partial charge in [-0.1, -0.05) is 0 Å². The van der Waals surface area contributed by atoms with E-state index in [9.17, 15) is 187 Å². The summed E-state index contributed by atoms with van der Waals surface area (Å²) in [5.74, 6) is -12.1. The van der Waals surface area contributed by atoms with E-state index in [0.29, 0.717) is 0 Å². The van der Waals surface area contributed by atoms with Crippen LogP contribution in [0.2, 0.25) is 0 Å². The second-order valence-electron chi connectivity index (χ2n) is 33.7. The molecule has 36 N–H and O–H groups in total. The third-order valence-corrected chi connectivity index (χ3v) is 24.0. The van der Waals surface area contributed by atoms with Crippen molar-refractivity contribution in [1.82, 2.24) is 31.9 Å². The van der Waals surface area contributed by atoms with Gasteiger partial charge in [-0.2, -0.15) is 0 Å². The summed E-state index contributed by atoms with van der Waals surface area (Å²) in [6.07, 6.45) is -97.6. The number of carboxylic acids is 1. The summed E-state index contributed by atoms with van der Waals surface area (Å²) in [4.78, 5) is 91.1. The highest BCUT2D eigenvalue weighted by molar-refractivity contribution is 5.78. The van der Waals surface area contributed by atoms with E-state index in [-0.39, 0.29) is 0 Å². The van der Waals surface area contributed by atoms with Gasteiger partial charge in [0, 0.05) is 41.0 Å². The number of carbonyl (C=O) groups is 7. The van der Waals surface area contributed by atoms with Crippen LogP contribution in [0.3, 0.4) is 0 Å². The zero-order chi connectivity index (χ0) is 101. The predicted octanol–water partition coefficient (Wildman–Crippen LogP) is -24.1. The molecule has 50 atom stereocenters. The number of amides is 6. The van der Waals surface area contributed by atoms with E-state index in [4.69, 9.17) is 85.3 Å². The van der Waals surface area contributed by atoms with Crippen molar-refractivity contribution in [3.8, 4) is 0 Å². The maximum atomic E-state index is 13.9. The first-order valence-electron chi connectivity index (χ1n) is 42.8. The molecule has 9 aliphatic heterocycles. The second-order valence-corrected chi connectivity index (χ2v) is 33.7. The number of rotatable bonds is 42. The number of carbonyl (C=O) groups excluding carboxylic acids is 6. The highest BCUT2D eigenvalue weighted by Gasteiger charge is 2.64. The Hall–Kier alpha value is -5.59. The van der Waals surface area contributed by atoms with Crippen molar-refractivity contribution in [2.75, 3.05) is 79.3 Å². The highest BCUT2D eigenvalue weighted by Crippen LogP contribution is 2.43. The van der Waals surface area contributed by atoms with Crippen LogP contribution in [0.1, 0.15) is 41.0 Å². The van der Waals surface area contributed by atoms with Crippen LogP contribution in [0.25, 0.3) is 0 Å². The molecule has 0 unspecified atom stereocenters. The number of hydrogen-bond donors (Lipinski definition) is 36. The first-order chi connectivity index (χ1) is 64.2. The Kier molecular flexibility index (Phi) is 42.4. The minimum absolute atomic E-state index is 0.842. The van der Waals surface area contributed by atoms with Gasteiger partial charge in [0.1, 0.15) is 238 Å². The Balaban J connectivity index is 1.07. The van der Waals surface area contributed by atoms with Gasteiger partial charge < -0.3 is 270 Å². The van der Waals surface area contributed by atoms with Gasteiger partial charge in [0.2, 0.25) is 35.4 Å². The van der Waals surface area contributed by atoms with Gasteiger partial charge >= 0.3 is 5.97 Å². The summed E-state index contributed by atoms with van der Waals surface area (Å²) in [5.41, 5.74) is 0. The largest absolute Gasteiger partial charge is 0.477 e. The van der Waals surface area contributed by atoms with Crippen LogP contribution in [0.4, 0.5) is 0 Å². The molecule has 136 heavy (non-hydrogen) atoms. The Morgan fingerprint density at radius 3 is 1.18 bits per heavy atom. The molecule has 0 bridgehead atoms. The average molecular weight is 1990 g/mol. The molecule has 0 aromatic heterocycles. The molecule has 9 fully saturated rings. The fourth-order valence-corrected chi connectivity index (χ4v) is 17.0. The molecule has 0 saturated carbocycles.